The molecule has 210 valence electrons. The zero-order chi connectivity index (χ0) is 33.2. The van der Waals surface area contributed by atoms with Crippen LogP contribution in [0.1, 0.15) is 10.4 Å². The average molecular weight is 582 g/mol. The van der Waals surface area contributed by atoms with Gasteiger partial charge in [0.15, 0.2) is 0 Å². The van der Waals surface area contributed by atoms with E-state index in [2.05, 4.69) is 179 Å². The number of nitrogens with one attached hydrogen (secondary N) is 1. The van der Waals surface area contributed by atoms with E-state index in [1.165, 1.54) is 6.26 Å². The molecular weight excluding hydrogens is 564 g/mol. The Bertz CT molecular complexity index is 2100. The largest absolute Gasteiger partial charge is 0.484 e. The third-order valence-electron chi connectivity index (χ3n) is 3.84. The SMILES string of the molecule is C=C[CH-]C#CC#CC#CC#CN(C#CC#CC#CC#CC#C[C-]=COc1ccc(C(=O)NC)cc1)C#CC#CC#CC#C[CH-]C=C. The number of ether oxygens (including phenoxy) is 1. The van der Waals surface area contributed by atoms with E-state index < -0.39 is 0 Å². The number of hydrogen-bond donors (Lipinski definition) is 1. The lowest BCUT2D eigenvalue weighted by molar-refractivity contribution is 0.0963. The van der Waals surface area contributed by atoms with Gasteiger partial charge in [-0.3, -0.25) is 10.7 Å². The predicted octanol–water partition coefficient (Wildman–Crippen LogP) is 2.74. The first kappa shape index (κ1) is 35.6. The van der Waals surface area contributed by atoms with Crippen LogP contribution in [0.15, 0.2) is 55.8 Å². The molecule has 0 aromatic heterocycles. The first-order chi connectivity index (χ1) is 22.7. The van der Waals surface area contributed by atoms with Crippen molar-refractivity contribution < 1.29 is 9.53 Å². The molecule has 0 saturated heterocycles. The fourth-order valence-electron chi connectivity index (χ4n) is 2.07. The highest BCUT2D eigenvalue weighted by molar-refractivity contribution is 5.94. The number of carbonyl (C=O) groups is 1. The minimum atomic E-state index is -0.182. The van der Waals surface area contributed by atoms with Crippen molar-refractivity contribution >= 4 is 5.91 Å². The molecule has 4 heteroatoms. The second-order valence-corrected chi connectivity index (χ2v) is 6.87. The van der Waals surface area contributed by atoms with E-state index in [0.29, 0.717) is 11.3 Å². The van der Waals surface area contributed by atoms with Crippen LogP contribution in [0.2, 0.25) is 0 Å². The third kappa shape index (κ3) is 20.4. The lowest BCUT2D eigenvalue weighted by Crippen LogP contribution is -2.17. The summed E-state index contributed by atoms with van der Waals surface area (Å²) in [6.07, 6.45) is 10.1. The minimum absolute atomic E-state index is 0.182. The maximum Gasteiger partial charge on any atom is 0.251 e. The maximum atomic E-state index is 11.5. The summed E-state index contributed by atoms with van der Waals surface area (Å²) >= 11 is 0. The molecule has 0 saturated carbocycles. The van der Waals surface area contributed by atoms with E-state index in [4.69, 9.17) is 4.74 Å². The van der Waals surface area contributed by atoms with E-state index in [-0.39, 0.29) is 5.91 Å². The van der Waals surface area contributed by atoms with Crippen LogP contribution in [0.3, 0.4) is 0 Å². The number of nitrogens with zero attached hydrogens (tertiary/aromatic N) is 1. The van der Waals surface area contributed by atoms with Crippen molar-refractivity contribution in [2.45, 2.75) is 0 Å². The van der Waals surface area contributed by atoms with Crippen LogP contribution in [-0.2, 0) is 0 Å². The second-order valence-electron chi connectivity index (χ2n) is 6.87. The highest BCUT2D eigenvalue weighted by Crippen LogP contribution is 2.12. The molecule has 1 rings (SSSR count). The van der Waals surface area contributed by atoms with Gasteiger partial charge >= 0.3 is 0 Å². The molecule has 0 aliphatic carbocycles. The summed E-state index contributed by atoms with van der Waals surface area (Å²) in [5.41, 5.74) is 0.524. The Morgan fingerprint density at radius 2 is 1.09 bits per heavy atom. The minimum Gasteiger partial charge on any atom is -0.484 e. The Balaban J connectivity index is 2.82. The summed E-state index contributed by atoms with van der Waals surface area (Å²) < 4.78 is 5.34. The fraction of sp³-hybridized carbons (Fsp3) is 0.0238. The van der Waals surface area contributed by atoms with Crippen molar-refractivity contribution in [2.75, 3.05) is 7.05 Å². The van der Waals surface area contributed by atoms with Crippen molar-refractivity contribution in [1.82, 2.24) is 10.2 Å². The molecule has 0 radical (unpaired) electrons. The fourth-order valence-corrected chi connectivity index (χ4v) is 2.07. The normalized spacial score (nSPS) is 6.46. The van der Waals surface area contributed by atoms with E-state index in [0.717, 1.165) is 4.90 Å². The molecule has 0 unspecified atom stereocenters. The molecule has 0 atom stereocenters. The van der Waals surface area contributed by atoms with Crippen molar-refractivity contribution in [3.05, 3.63) is 80.3 Å². The molecule has 0 aliphatic rings. The van der Waals surface area contributed by atoms with Gasteiger partial charge in [0, 0.05) is 78.4 Å². The monoisotopic (exact) mass is 581 g/mol. The molecule has 1 aromatic carbocycles. The van der Waals surface area contributed by atoms with E-state index in [9.17, 15) is 4.79 Å². The van der Waals surface area contributed by atoms with Crippen LogP contribution in [0, 0.1) is 173 Å². The molecule has 46 heavy (non-hydrogen) atoms. The van der Waals surface area contributed by atoms with Crippen LogP contribution < -0.4 is 10.1 Å². The van der Waals surface area contributed by atoms with Crippen molar-refractivity contribution in [3.63, 3.8) is 0 Å². The lowest BCUT2D eigenvalue weighted by atomic mass is 10.2. The first-order valence-corrected chi connectivity index (χ1v) is 12.5. The van der Waals surface area contributed by atoms with Gasteiger partial charge in [0.05, 0.1) is 0 Å². The molecular formula is C42H17N2O2-3. The van der Waals surface area contributed by atoms with Crippen LogP contribution >= 0.6 is 0 Å². The van der Waals surface area contributed by atoms with E-state index in [1.807, 2.05) is 0 Å². The molecule has 1 aromatic rings. The van der Waals surface area contributed by atoms with E-state index >= 15 is 0 Å². The highest BCUT2D eigenvalue weighted by Gasteiger charge is 2.01. The van der Waals surface area contributed by atoms with Crippen LogP contribution in [0.4, 0.5) is 0 Å². The summed E-state index contributed by atoms with van der Waals surface area (Å²) in [5.74, 6) is 59.2. The zero-order valence-corrected chi connectivity index (χ0v) is 24.4. The van der Waals surface area contributed by atoms with Gasteiger partial charge in [-0.15, -0.1) is 18.8 Å². The standard InChI is InChI=1S/C42H17N2O2/c1-4-6-8-10-12-16-20-24-28-36-44(37-29-25-21-17-13-11-9-7-5-2)38-30-26-22-18-14-15-19-23-27-31-39-46-41-34-32-40(33-35-41)42(45)43-3/h4-7,32-35,39H,1-2H2,3H3,(H,43,45)/q-3. The van der Waals surface area contributed by atoms with Gasteiger partial charge in [-0.25, -0.2) is 17.8 Å². The summed E-state index contributed by atoms with van der Waals surface area (Å²) in [6, 6.07) is 14.5. The Kier molecular flexibility index (Phi) is 20.7. The molecule has 0 bridgehead atoms. The summed E-state index contributed by atoms with van der Waals surface area (Å²) in [5, 5.41) is 2.54. The van der Waals surface area contributed by atoms with Crippen molar-refractivity contribution in [1.29, 1.82) is 0 Å². The van der Waals surface area contributed by atoms with Gasteiger partial charge in [0.25, 0.3) is 5.91 Å². The van der Waals surface area contributed by atoms with Gasteiger partial charge in [0.2, 0.25) is 0 Å². The maximum absolute atomic E-state index is 11.5. The smallest absolute Gasteiger partial charge is 0.251 e. The number of rotatable bonds is 5. The molecule has 4 nitrogen and oxygen atoms in total. The van der Waals surface area contributed by atoms with Crippen LogP contribution in [0.25, 0.3) is 0 Å². The molecule has 0 spiro atoms. The average Bonchev–Trinajstić information content (AvgIpc) is 3.08. The predicted molar refractivity (Wildman–Crippen MR) is 180 cm³/mol. The van der Waals surface area contributed by atoms with Gasteiger partial charge in [-0.1, -0.05) is 11.8 Å². The number of allylic oxidation sites excluding steroid dienone is 3. The van der Waals surface area contributed by atoms with Gasteiger partial charge in [-0.05, 0) is 65.7 Å². The molecule has 0 heterocycles. The van der Waals surface area contributed by atoms with Crippen molar-refractivity contribution in [2.24, 2.45) is 0 Å². The molecule has 1 N–H and O–H groups in total. The molecule has 0 aliphatic heterocycles. The topological polar surface area (TPSA) is 41.6 Å². The number of hydrogen-bond acceptors (Lipinski definition) is 3. The van der Waals surface area contributed by atoms with Crippen LogP contribution in [0.5, 0.6) is 5.75 Å². The summed E-state index contributed by atoms with van der Waals surface area (Å²) in [6.45, 7) is 7.03. The Hall–Kier alpha value is -8.47. The van der Waals surface area contributed by atoms with Gasteiger partial charge < -0.3 is 10.1 Å². The summed E-state index contributed by atoms with van der Waals surface area (Å²) in [4.78, 5) is 12.7. The molecule has 1 amide bonds. The third-order valence-corrected chi connectivity index (χ3v) is 3.84. The lowest BCUT2D eigenvalue weighted by Gasteiger charge is -2.03. The second kappa shape index (κ2) is 26.7. The van der Waals surface area contributed by atoms with E-state index in [1.54, 1.807) is 56.3 Å². The Morgan fingerprint density at radius 1 is 0.674 bits per heavy atom. The Morgan fingerprint density at radius 3 is 1.52 bits per heavy atom. The Labute approximate surface area is 272 Å². The van der Waals surface area contributed by atoms with Gasteiger partial charge in [0.1, 0.15) is 5.75 Å². The van der Waals surface area contributed by atoms with Gasteiger partial charge in [-0.2, -0.15) is 48.1 Å². The first-order valence-electron chi connectivity index (χ1n) is 12.5. The van der Waals surface area contributed by atoms with Crippen LogP contribution in [-0.4, -0.2) is 17.9 Å². The number of benzene rings is 1. The highest BCUT2D eigenvalue weighted by atomic mass is 16.5. The number of carbonyl (C=O) groups excluding carboxylic acids is 1. The quantitative estimate of drug-likeness (QED) is 0.252. The number of amides is 1. The summed E-state index contributed by atoms with van der Waals surface area (Å²) in [7, 11) is 1.56. The zero-order valence-electron chi connectivity index (χ0n) is 24.4. The van der Waals surface area contributed by atoms with Crippen molar-refractivity contribution in [3.8, 4) is 160 Å². The molecule has 0 fully saturated rings.